The van der Waals surface area contributed by atoms with E-state index in [-0.39, 0.29) is 5.92 Å². The molecule has 0 radical (unpaired) electrons. The molecule has 98 valence electrons. The molecule has 0 spiro atoms. The van der Waals surface area contributed by atoms with Gasteiger partial charge in [-0.2, -0.15) is 0 Å². The quantitative estimate of drug-likeness (QED) is 0.802. The van der Waals surface area contributed by atoms with Crippen LogP contribution in [0, 0.1) is 5.92 Å². The minimum Gasteiger partial charge on any atom is -0.381 e. The second-order valence-electron chi connectivity index (χ2n) is 5.15. The number of nitrogens with zero attached hydrogens (tertiary/aromatic N) is 1. The fourth-order valence-electron chi connectivity index (χ4n) is 3.01. The van der Waals surface area contributed by atoms with Crippen LogP contribution in [0.3, 0.4) is 0 Å². The standard InChI is InChI=1S/C13H24N2O2/c14-7-8-15(12-3-1-2-4-12)13(16)11-5-9-17-10-6-11/h11-12H,1-10,14H2. The highest BCUT2D eigenvalue weighted by Gasteiger charge is 2.31. The Morgan fingerprint density at radius 3 is 2.41 bits per heavy atom. The molecule has 1 saturated carbocycles. The Balaban J connectivity index is 1.95. The van der Waals surface area contributed by atoms with E-state index in [1.807, 2.05) is 0 Å². The summed E-state index contributed by atoms with van der Waals surface area (Å²) in [5.74, 6) is 0.501. The maximum atomic E-state index is 12.5. The molecule has 0 atom stereocenters. The van der Waals surface area contributed by atoms with Crippen molar-refractivity contribution in [3.8, 4) is 0 Å². The molecule has 0 aromatic rings. The predicted octanol–water partition coefficient (Wildman–Crippen LogP) is 1.14. The molecule has 1 aliphatic heterocycles. The van der Waals surface area contributed by atoms with Gasteiger partial charge in [0.25, 0.3) is 0 Å². The molecule has 0 aromatic heterocycles. The smallest absolute Gasteiger partial charge is 0.226 e. The first-order chi connectivity index (χ1) is 8.33. The van der Waals surface area contributed by atoms with Crippen LogP contribution in [0.25, 0.3) is 0 Å². The largest absolute Gasteiger partial charge is 0.381 e. The molecule has 2 fully saturated rings. The molecule has 1 heterocycles. The maximum absolute atomic E-state index is 12.5. The first-order valence-electron chi connectivity index (χ1n) is 6.91. The Morgan fingerprint density at radius 2 is 1.82 bits per heavy atom. The first-order valence-corrected chi connectivity index (χ1v) is 6.91. The van der Waals surface area contributed by atoms with Crippen molar-refractivity contribution in [2.24, 2.45) is 11.7 Å². The Hall–Kier alpha value is -0.610. The van der Waals surface area contributed by atoms with E-state index in [0.29, 0.717) is 18.5 Å². The lowest BCUT2D eigenvalue weighted by atomic mass is 9.97. The number of rotatable bonds is 4. The zero-order valence-corrected chi connectivity index (χ0v) is 10.6. The van der Waals surface area contributed by atoms with E-state index in [0.717, 1.165) is 45.4 Å². The Bertz CT molecular complexity index is 246. The van der Waals surface area contributed by atoms with Gasteiger partial charge < -0.3 is 15.4 Å². The monoisotopic (exact) mass is 240 g/mol. The minimum absolute atomic E-state index is 0.177. The zero-order chi connectivity index (χ0) is 12.1. The molecule has 2 N–H and O–H groups in total. The lowest BCUT2D eigenvalue weighted by molar-refractivity contribution is -0.140. The van der Waals surface area contributed by atoms with Crippen LogP contribution in [0.2, 0.25) is 0 Å². The molecule has 1 amide bonds. The van der Waals surface area contributed by atoms with Gasteiger partial charge in [0.15, 0.2) is 0 Å². The fraction of sp³-hybridized carbons (Fsp3) is 0.923. The van der Waals surface area contributed by atoms with E-state index >= 15 is 0 Å². The molecule has 2 aliphatic rings. The van der Waals surface area contributed by atoms with Gasteiger partial charge in [-0.1, -0.05) is 12.8 Å². The number of amides is 1. The van der Waals surface area contributed by atoms with E-state index in [9.17, 15) is 4.79 Å². The van der Waals surface area contributed by atoms with Crippen molar-refractivity contribution >= 4 is 5.91 Å². The van der Waals surface area contributed by atoms with Crippen LogP contribution in [0.4, 0.5) is 0 Å². The summed E-state index contributed by atoms with van der Waals surface area (Å²) in [5.41, 5.74) is 5.65. The summed E-state index contributed by atoms with van der Waals surface area (Å²) in [6, 6.07) is 0.453. The third kappa shape index (κ3) is 3.19. The molecule has 17 heavy (non-hydrogen) atoms. The molecular formula is C13H24N2O2. The van der Waals surface area contributed by atoms with Crippen molar-refractivity contribution < 1.29 is 9.53 Å². The van der Waals surface area contributed by atoms with Crippen LogP contribution >= 0.6 is 0 Å². The number of hydrogen-bond donors (Lipinski definition) is 1. The van der Waals surface area contributed by atoms with Gasteiger partial charge in [0.2, 0.25) is 5.91 Å². The Morgan fingerprint density at radius 1 is 1.18 bits per heavy atom. The molecule has 1 aliphatic carbocycles. The van der Waals surface area contributed by atoms with Crippen molar-refractivity contribution in [3.05, 3.63) is 0 Å². The van der Waals surface area contributed by atoms with E-state index in [2.05, 4.69) is 4.90 Å². The highest BCUT2D eigenvalue weighted by atomic mass is 16.5. The average molecular weight is 240 g/mol. The Kier molecular flexibility index (Phi) is 4.80. The SMILES string of the molecule is NCCN(C(=O)C1CCOCC1)C1CCCC1. The van der Waals surface area contributed by atoms with Crippen molar-refractivity contribution in [2.45, 2.75) is 44.6 Å². The van der Waals surface area contributed by atoms with Crippen LogP contribution in [-0.2, 0) is 9.53 Å². The second kappa shape index (κ2) is 6.36. The molecule has 0 bridgehead atoms. The van der Waals surface area contributed by atoms with Gasteiger partial charge in [-0.25, -0.2) is 0 Å². The third-order valence-corrected chi connectivity index (χ3v) is 3.99. The number of carbonyl (C=O) groups is 1. The highest BCUT2D eigenvalue weighted by Crippen LogP contribution is 2.26. The van der Waals surface area contributed by atoms with Gasteiger partial charge in [-0.3, -0.25) is 4.79 Å². The van der Waals surface area contributed by atoms with Gasteiger partial charge in [-0.15, -0.1) is 0 Å². The second-order valence-corrected chi connectivity index (χ2v) is 5.15. The van der Waals surface area contributed by atoms with E-state index in [1.165, 1.54) is 12.8 Å². The molecule has 2 rings (SSSR count). The summed E-state index contributed by atoms with van der Waals surface area (Å²) < 4.78 is 5.32. The van der Waals surface area contributed by atoms with Gasteiger partial charge in [-0.05, 0) is 25.7 Å². The first kappa shape index (κ1) is 12.8. The number of carbonyl (C=O) groups excluding carboxylic acids is 1. The summed E-state index contributed by atoms with van der Waals surface area (Å²) in [4.78, 5) is 14.5. The van der Waals surface area contributed by atoms with Crippen LogP contribution in [0.15, 0.2) is 0 Å². The predicted molar refractivity (Wildman–Crippen MR) is 66.6 cm³/mol. The molecule has 0 unspecified atom stereocenters. The van der Waals surface area contributed by atoms with Crippen LogP contribution in [0.1, 0.15) is 38.5 Å². The molecule has 4 heteroatoms. The summed E-state index contributed by atoms with van der Waals surface area (Å²) in [7, 11) is 0. The number of nitrogens with two attached hydrogens (primary N) is 1. The number of ether oxygens (including phenoxy) is 1. The molecule has 0 aromatic carbocycles. The van der Waals surface area contributed by atoms with Crippen LogP contribution in [-0.4, -0.2) is 43.2 Å². The fourth-order valence-corrected chi connectivity index (χ4v) is 3.01. The summed E-state index contributed by atoms with van der Waals surface area (Å²) in [5, 5.41) is 0. The molecule has 4 nitrogen and oxygen atoms in total. The zero-order valence-electron chi connectivity index (χ0n) is 10.6. The highest BCUT2D eigenvalue weighted by molar-refractivity contribution is 5.79. The number of hydrogen-bond acceptors (Lipinski definition) is 3. The van der Waals surface area contributed by atoms with E-state index in [1.54, 1.807) is 0 Å². The molecular weight excluding hydrogens is 216 g/mol. The van der Waals surface area contributed by atoms with Gasteiger partial charge in [0, 0.05) is 38.3 Å². The Labute approximate surface area is 103 Å². The van der Waals surface area contributed by atoms with Gasteiger partial charge in [0.05, 0.1) is 0 Å². The topological polar surface area (TPSA) is 55.6 Å². The lowest BCUT2D eigenvalue weighted by Gasteiger charge is -2.33. The molecule has 1 saturated heterocycles. The minimum atomic E-state index is 0.177. The van der Waals surface area contributed by atoms with Crippen molar-refractivity contribution in [1.29, 1.82) is 0 Å². The summed E-state index contributed by atoms with van der Waals surface area (Å²) in [6.07, 6.45) is 6.60. The summed E-state index contributed by atoms with van der Waals surface area (Å²) in [6.45, 7) is 2.77. The van der Waals surface area contributed by atoms with E-state index < -0.39 is 0 Å². The van der Waals surface area contributed by atoms with Gasteiger partial charge >= 0.3 is 0 Å². The van der Waals surface area contributed by atoms with E-state index in [4.69, 9.17) is 10.5 Å². The van der Waals surface area contributed by atoms with Crippen LogP contribution < -0.4 is 5.73 Å². The van der Waals surface area contributed by atoms with Crippen molar-refractivity contribution in [1.82, 2.24) is 4.90 Å². The summed E-state index contributed by atoms with van der Waals surface area (Å²) >= 11 is 0. The normalized spacial score (nSPS) is 22.9. The van der Waals surface area contributed by atoms with Crippen LogP contribution in [0.5, 0.6) is 0 Å². The lowest BCUT2D eigenvalue weighted by Crippen LogP contribution is -2.46. The van der Waals surface area contributed by atoms with Gasteiger partial charge in [0.1, 0.15) is 0 Å². The maximum Gasteiger partial charge on any atom is 0.226 e. The average Bonchev–Trinajstić information content (AvgIpc) is 2.90. The van der Waals surface area contributed by atoms with Crippen molar-refractivity contribution in [3.63, 3.8) is 0 Å². The van der Waals surface area contributed by atoms with Crippen molar-refractivity contribution in [2.75, 3.05) is 26.3 Å². The third-order valence-electron chi connectivity index (χ3n) is 3.99.